The fourth-order valence-electron chi connectivity index (χ4n) is 6.59. The third-order valence-electron chi connectivity index (χ3n) is 10.2. The van der Waals surface area contributed by atoms with E-state index >= 15 is 0 Å². The monoisotopic (exact) mass is 768 g/mol. The van der Waals surface area contributed by atoms with Crippen molar-refractivity contribution >= 4 is 23.7 Å². The highest BCUT2D eigenvalue weighted by Crippen LogP contribution is 2.16. The first-order valence-electron chi connectivity index (χ1n) is 22.3. The predicted octanol–water partition coefficient (Wildman–Crippen LogP) is 12.2. The molecule has 2 atom stereocenters. The molecule has 316 valence electrons. The first kappa shape index (κ1) is 51.6. The number of nitrogens with zero attached hydrogens (tertiary/aromatic N) is 1. The molecular formula is C44H81NO9. The maximum atomic E-state index is 12.5. The van der Waals surface area contributed by atoms with Crippen molar-refractivity contribution in [2.45, 2.75) is 238 Å². The van der Waals surface area contributed by atoms with Gasteiger partial charge in [0.2, 0.25) is 0 Å². The Morgan fingerprint density at radius 2 is 0.815 bits per heavy atom. The number of hydrogen-bond acceptors (Lipinski definition) is 9. The van der Waals surface area contributed by atoms with Crippen LogP contribution in [0.15, 0.2) is 5.18 Å². The molecule has 0 spiro atoms. The van der Waals surface area contributed by atoms with Crippen LogP contribution in [0.4, 0.5) is 0 Å². The molecule has 0 aliphatic carbocycles. The van der Waals surface area contributed by atoms with Crippen LogP contribution in [0.3, 0.4) is 0 Å². The molecule has 0 radical (unpaired) electrons. The molecule has 0 aromatic rings. The number of ketones is 1. The Hall–Kier alpha value is -2.36. The van der Waals surface area contributed by atoms with Crippen molar-refractivity contribution in [1.82, 2.24) is 0 Å². The van der Waals surface area contributed by atoms with Crippen LogP contribution < -0.4 is 0 Å². The maximum Gasteiger partial charge on any atom is 0.332 e. The van der Waals surface area contributed by atoms with E-state index in [-0.39, 0.29) is 38.0 Å². The Labute approximate surface area is 329 Å². The van der Waals surface area contributed by atoms with Gasteiger partial charge in [-0.1, -0.05) is 199 Å². The average Bonchev–Trinajstić information content (AvgIpc) is 3.16. The number of aliphatic carboxylic acids is 1. The van der Waals surface area contributed by atoms with Gasteiger partial charge in [0.1, 0.15) is 25.9 Å². The molecule has 0 saturated heterocycles. The first-order valence-corrected chi connectivity index (χ1v) is 22.3. The topological polar surface area (TPSA) is 146 Å². The molecule has 0 heterocycles. The minimum atomic E-state index is -1.75. The van der Waals surface area contributed by atoms with Crippen LogP contribution >= 0.6 is 0 Å². The Kier molecular flexibility index (Phi) is 38.5. The molecule has 0 aliphatic rings. The highest BCUT2D eigenvalue weighted by atomic mass is 16.6. The van der Waals surface area contributed by atoms with E-state index in [1.54, 1.807) is 0 Å². The summed E-state index contributed by atoms with van der Waals surface area (Å²) in [5.41, 5.74) is 0. The number of carbonyl (C=O) groups excluding carboxylic acids is 3. The van der Waals surface area contributed by atoms with E-state index in [1.165, 1.54) is 154 Å². The Balaban J connectivity index is 4.22. The van der Waals surface area contributed by atoms with Gasteiger partial charge in [0, 0.05) is 12.8 Å². The molecule has 0 amide bonds. The summed E-state index contributed by atoms with van der Waals surface area (Å²) in [6.07, 6.45) is 36.3. The summed E-state index contributed by atoms with van der Waals surface area (Å²) in [5, 5.41) is 11.4. The highest BCUT2D eigenvalue weighted by Gasteiger charge is 2.24. The lowest BCUT2D eigenvalue weighted by molar-refractivity contribution is -0.158. The lowest BCUT2D eigenvalue weighted by atomic mass is 10.0. The third-order valence-corrected chi connectivity index (χ3v) is 10.2. The van der Waals surface area contributed by atoms with Crippen molar-refractivity contribution < 1.29 is 38.5 Å². The zero-order valence-electron chi connectivity index (χ0n) is 34.8. The Morgan fingerprint density at radius 1 is 0.481 bits per heavy atom. The Bertz CT molecular complexity index is 862. The number of nitroso groups, excluding NO2 is 1. The van der Waals surface area contributed by atoms with Crippen LogP contribution in [0.25, 0.3) is 0 Å². The molecule has 54 heavy (non-hydrogen) atoms. The normalized spacial score (nSPS) is 12.3. The molecule has 10 heteroatoms. The number of carboxylic acids is 1. The quantitative estimate of drug-likeness (QED) is 0.0364. The van der Waals surface area contributed by atoms with Gasteiger partial charge in [-0.25, -0.2) is 4.79 Å². The van der Waals surface area contributed by atoms with Crippen molar-refractivity contribution in [3.63, 3.8) is 0 Å². The molecular weight excluding hydrogens is 686 g/mol. The molecule has 0 aromatic carbocycles. The fraction of sp³-hybridized carbons (Fsp3) is 0.909. The van der Waals surface area contributed by atoms with E-state index in [4.69, 9.17) is 19.3 Å². The maximum absolute atomic E-state index is 12.5. The van der Waals surface area contributed by atoms with Gasteiger partial charge in [-0.2, -0.15) is 0 Å². The number of ether oxygens (including phenoxy) is 3. The summed E-state index contributed by atoms with van der Waals surface area (Å²) in [6.45, 7) is 3.75. The number of hydrogen-bond donors (Lipinski definition) is 1. The predicted molar refractivity (Wildman–Crippen MR) is 218 cm³/mol. The lowest BCUT2D eigenvalue weighted by Gasteiger charge is -2.18. The second-order valence-corrected chi connectivity index (χ2v) is 15.4. The number of esters is 2. The van der Waals surface area contributed by atoms with Crippen LogP contribution in [0, 0.1) is 4.91 Å². The summed E-state index contributed by atoms with van der Waals surface area (Å²) < 4.78 is 16.2. The van der Waals surface area contributed by atoms with Crippen LogP contribution in [0.5, 0.6) is 0 Å². The van der Waals surface area contributed by atoms with E-state index in [2.05, 4.69) is 19.0 Å². The van der Waals surface area contributed by atoms with Gasteiger partial charge >= 0.3 is 17.9 Å². The second kappa shape index (κ2) is 40.3. The third kappa shape index (κ3) is 36.6. The van der Waals surface area contributed by atoms with Crippen LogP contribution in [0.2, 0.25) is 0 Å². The SMILES string of the molecule is CCCCCCCCCCCCCCCCCC(=O)COC(COC(=O)CCCCCCCCCCCCCCCCC)COC(=O)CC(N=O)C(=O)O. The lowest BCUT2D eigenvalue weighted by Crippen LogP contribution is -2.31. The van der Waals surface area contributed by atoms with Crippen LogP contribution in [0.1, 0.15) is 226 Å². The van der Waals surface area contributed by atoms with Gasteiger partial charge in [-0.05, 0) is 12.8 Å². The van der Waals surface area contributed by atoms with Gasteiger partial charge in [0.15, 0.2) is 11.8 Å². The largest absolute Gasteiger partial charge is 0.480 e. The number of unbranched alkanes of at least 4 members (excludes halogenated alkanes) is 28. The highest BCUT2D eigenvalue weighted by molar-refractivity contribution is 5.81. The smallest absolute Gasteiger partial charge is 0.332 e. The van der Waals surface area contributed by atoms with Crippen LogP contribution in [-0.2, 0) is 33.4 Å². The average molecular weight is 768 g/mol. The number of carboxylic acid groups (broad SMARTS) is 1. The van der Waals surface area contributed by atoms with Gasteiger partial charge in [0.05, 0.1) is 6.42 Å². The number of Topliss-reactive ketones (excluding diaryl/α,β-unsaturated/α-hetero) is 1. The Morgan fingerprint density at radius 3 is 1.17 bits per heavy atom. The van der Waals surface area contributed by atoms with Gasteiger partial charge in [0.25, 0.3) is 0 Å². The summed E-state index contributed by atoms with van der Waals surface area (Å²) in [6, 6.07) is -1.75. The summed E-state index contributed by atoms with van der Waals surface area (Å²) in [7, 11) is 0. The van der Waals surface area contributed by atoms with Crippen molar-refractivity contribution in [1.29, 1.82) is 0 Å². The van der Waals surface area contributed by atoms with Gasteiger partial charge in [-0.3, -0.25) is 14.4 Å². The van der Waals surface area contributed by atoms with E-state index in [1.807, 2.05) is 0 Å². The van der Waals surface area contributed by atoms with Crippen LogP contribution in [-0.4, -0.2) is 60.8 Å². The molecule has 10 nitrogen and oxygen atoms in total. The number of rotatable bonds is 43. The minimum Gasteiger partial charge on any atom is -0.480 e. The molecule has 0 fully saturated rings. The second-order valence-electron chi connectivity index (χ2n) is 15.4. The summed E-state index contributed by atoms with van der Waals surface area (Å²) in [5.74, 6) is -2.93. The molecule has 0 aliphatic heterocycles. The molecule has 0 rings (SSSR count). The molecule has 0 aromatic heterocycles. The van der Waals surface area contributed by atoms with E-state index in [0.717, 1.165) is 38.5 Å². The van der Waals surface area contributed by atoms with Crippen molar-refractivity contribution in [3.8, 4) is 0 Å². The standard InChI is InChI=1S/C44H81NO9/c1-3-5-7-9-11-13-15-17-19-21-23-25-27-29-31-33-39(46)36-52-40(38-54-43(48)35-41(45-51)44(49)50)37-53-42(47)34-32-30-28-26-24-22-20-18-16-14-12-10-8-6-4-2/h40-41H,3-38H2,1-2H3,(H,49,50). The van der Waals surface area contributed by atoms with E-state index in [0.29, 0.717) is 6.42 Å². The molecule has 0 saturated carbocycles. The van der Waals surface area contributed by atoms with Crippen molar-refractivity contribution in [3.05, 3.63) is 4.91 Å². The van der Waals surface area contributed by atoms with Crippen molar-refractivity contribution in [2.75, 3.05) is 19.8 Å². The van der Waals surface area contributed by atoms with Crippen molar-refractivity contribution in [2.24, 2.45) is 5.18 Å². The molecule has 2 unspecified atom stereocenters. The van der Waals surface area contributed by atoms with E-state index < -0.39 is 30.5 Å². The van der Waals surface area contributed by atoms with E-state index in [9.17, 15) is 24.1 Å². The summed E-state index contributed by atoms with van der Waals surface area (Å²) >= 11 is 0. The first-order chi connectivity index (χ1) is 26.3. The zero-order chi connectivity index (χ0) is 39.7. The van der Waals surface area contributed by atoms with Gasteiger partial charge < -0.3 is 19.3 Å². The minimum absolute atomic E-state index is 0.0822. The molecule has 0 bridgehead atoms. The molecule has 1 N–H and O–H groups in total. The zero-order valence-corrected chi connectivity index (χ0v) is 34.8. The van der Waals surface area contributed by atoms with Gasteiger partial charge in [-0.15, -0.1) is 4.91 Å². The summed E-state index contributed by atoms with van der Waals surface area (Å²) in [4.78, 5) is 58.8. The fourth-order valence-corrected chi connectivity index (χ4v) is 6.59. The number of carbonyl (C=O) groups is 4.